The van der Waals surface area contributed by atoms with Gasteiger partial charge in [0.15, 0.2) is 6.10 Å². The maximum atomic E-state index is 12.9. The number of fused-ring (bicyclic) bond motifs is 1. The van der Waals surface area contributed by atoms with Crippen LogP contribution in [-0.4, -0.2) is 19.1 Å². The van der Waals surface area contributed by atoms with Gasteiger partial charge in [0, 0.05) is 0 Å². The predicted octanol–water partition coefficient (Wildman–Crippen LogP) is 5.09. The largest absolute Gasteiger partial charge is 0.497 e. The van der Waals surface area contributed by atoms with Gasteiger partial charge in [0.2, 0.25) is 0 Å². The molecule has 0 saturated heterocycles. The molecule has 0 aromatic heterocycles. The molecule has 0 saturated carbocycles. The van der Waals surface area contributed by atoms with Gasteiger partial charge in [0.25, 0.3) is 5.91 Å². The maximum absolute atomic E-state index is 12.9. The summed E-state index contributed by atoms with van der Waals surface area (Å²) >= 11 is 0. The van der Waals surface area contributed by atoms with Gasteiger partial charge < -0.3 is 14.8 Å². The highest BCUT2D eigenvalue weighted by Gasteiger charge is 2.25. The fourth-order valence-electron chi connectivity index (χ4n) is 3.82. The van der Waals surface area contributed by atoms with Gasteiger partial charge in [-0.25, -0.2) is 0 Å². The van der Waals surface area contributed by atoms with Crippen molar-refractivity contribution < 1.29 is 14.3 Å². The smallest absolute Gasteiger partial charge is 0.261 e. The van der Waals surface area contributed by atoms with Gasteiger partial charge in [0.05, 0.1) is 13.2 Å². The van der Waals surface area contributed by atoms with Gasteiger partial charge in [-0.1, -0.05) is 32.0 Å². The van der Waals surface area contributed by atoms with Crippen molar-refractivity contribution in [3.8, 4) is 11.5 Å². The zero-order chi connectivity index (χ0) is 20.3. The first kappa shape index (κ1) is 20.2. The Morgan fingerprint density at radius 2 is 1.93 bits per heavy atom. The molecule has 0 spiro atoms. The molecule has 2 aromatic rings. The van der Waals surface area contributed by atoms with Crippen molar-refractivity contribution >= 4 is 5.91 Å². The Balaban J connectivity index is 1.72. The normalized spacial score (nSPS) is 17.0. The number of hydrogen-bond donors (Lipinski definition) is 1. The Labute approximate surface area is 168 Å². The van der Waals surface area contributed by atoms with Crippen molar-refractivity contribution in [2.75, 3.05) is 7.11 Å². The topological polar surface area (TPSA) is 47.6 Å². The van der Waals surface area contributed by atoms with Crippen molar-refractivity contribution in [3.63, 3.8) is 0 Å². The molecule has 4 nitrogen and oxygen atoms in total. The van der Waals surface area contributed by atoms with Crippen LogP contribution in [0.2, 0.25) is 0 Å². The summed E-state index contributed by atoms with van der Waals surface area (Å²) < 4.78 is 11.4. The van der Waals surface area contributed by atoms with Crippen LogP contribution in [0.5, 0.6) is 11.5 Å². The second kappa shape index (κ2) is 8.68. The Hall–Kier alpha value is -2.49. The highest BCUT2D eigenvalue weighted by atomic mass is 16.5. The molecule has 150 valence electrons. The molecule has 1 amide bonds. The van der Waals surface area contributed by atoms with E-state index >= 15 is 0 Å². The second-order valence-corrected chi connectivity index (χ2v) is 7.97. The molecule has 4 heteroatoms. The summed E-state index contributed by atoms with van der Waals surface area (Å²) in [6.07, 6.45) is 2.46. The van der Waals surface area contributed by atoms with Crippen molar-refractivity contribution in [2.45, 2.75) is 65.0 Å². The summed E-state index contributed by atoms with van der Waals surface area (Å²) in [6.45, 7) is 8.12. The van der Waals surface area contributed by atoms with Crippen molar-refractivity contribution in [1.29, 1.82) is 0 Å². The van der Waals surface area contributed by atoms with E-state index in [9.17, 15) is 4.79 Å². The highest BCUT2D eigenvalue weighted by Crippen LogP contribution is 2.33. The summed E-state index contributed by atoms with van der Waals surface area (Å²) in [4.78, 5) is 12.9. The number of carbonyl (C=O) groups is 1. The molecular formula is C24H31NO3. The van der Waals surface area contributed by atoms with E-state index in [0.717, 1.165) is 41.9 Å². The third kappa shape index (κ3) is 4.49. The molecule has 1 N–H and O–H groups in total. The van der Waals surface area contributed by atoms with Gasteiger partial charge in [-0.3, -0.25) is 4.79 Å². The van der Waals surface area contributed by atoms with E-state index in [2.05, 4.69) is 43.4 Å². The average molecular weight is 382 g/mol. The van der Waals surface area contributed by atoms with E-state index in [0.29, 0.717) is 5.92 Å². The van der Waals surface area contributed by atoms with Crippen molar-refractivity contribution in [3.05, 3.63) is 58.7 Å². The lowest BCUT2D eigenvalue weighted by Crippen LogP contribution is -2.39. The quantitative estimate of drug-likeness (QED) is 0.758. The maximum Gasteiger partial charge on any atom is 0.261 e. The molecule has 0 fully saturated rings. The number of hydrogen-bond acceptors (Lipinski definition) is 3. The molecule has 3 rings (SSSR count). The van der Waals surface area contributed by atoms with Gasteiger partial charge in [0.1, 0.15) is 11.5 Å². The molecule has 0 radical (unpaired) electrons. The van der Waals surface area contributed by atoms with Crippen LogP contribution >= 0.6 is 0 Å². The van der Waals surface area contributed by atoms with Crippen LogP contribution in [0.4, 0.5) is 0 Å². The first-order valence-corrected chi connectivity index (χ1v) is 10.1. The molecule has 2 aromatic carbocycles. The first-order valence-electron chi connectivity index (χ1n) is 10.1. The highest BCUT2D eigenvalue weighted by molar-refractivity contribution is 5.81. The van der Waals surface area contributed by atoms with Crippen LogP contribution in [0, 0.1) is 6.92 Å². The molecule has 1 aliphatic rings. The zero-order valence-corrected chi connectivity index (χ0v) is 17.5. The third-order valence-electron chi connectivity index (χ3n) is 5.45. The Morgan fingerprint density at radius 1 is 1.14 bits per heavy atom. The zero-order valence-electron chi connectivity index (χ0n) is 17.5. The van der Waals surface area contributed by atoms with Gasteiger partial charge >= 0.3 is 0 Å². The van der Waals surface area contributed by atoms with E-state index in [4.69, 9.17) is 9.47 Å². The Kier molecular flexibility index (Phi) is 6.28. The minimum atomic E-state index is -0.553. The monoisotopic (exact) mass is 381 g/mol. The van der Waals surface area contributed by atoms with Crippen LogP contribution in [0.15, 0.2) is 36.4 Å². The fraction of sp³-hybridized carbons (Fsp3) is 0.458. The predicted molar refractivity (Wildman–Crippen MR) is 112 cm³/mol. The lowest BCUT2D eigenvalue weighted by molar-refractivity contribution is -0.128. The number of methoxy groups -OCH3 is 1. The molecular weight excluding hydrogens is 350 g/mol. The van der Waals surface area contributed by atoms with Gasteiger partial charge in [-0.15, -0.1) is 0 Å². The van der Waals surface area contributed by atoms with E-state index in [-0.39, 0.29) is 11.9 Å². The average Bonchev–Trinajstić information content (AvgIpc) is 2.67. The van der Waals surface area contributed by atoms with Crippen molar-refractivity contribution in [1.82, 2.24) is 5.32 Å². The van der Waals surface area contributed by atoms with Crippen LogP contribution in [0.3, 0.4) is 0 Å². The van der Waals surface area contributed by atoms with Gasteiger partial charge in [-0.2, -0.15) is 0 Å². The first-order chi connectivity index (χ1) is 13.4. The summed E-state index contributed by atoms with van der Waals surface area (Å²) in [7, 11) is 1.68. The number of aryl methyl sites for hydroxylation is 2. The number of nitrogens with one attached hydrogen (secondary N) is 1. The molecule has 0 unspecified atom stereocenters. The van der Waals surface area contributed by atoms with Crippen LogP contribution in [0.1, 0.15) is 67.8 Å². The lowest BCUT2D eigenvalue weighted by atomic mass is 9.87. The Morgan fingerprint density at radius 3 is 2.64 bits per heavy atom. The van der Waals surface area contributed by atoms with Gasteiger partial charge in [-0.05, 0) is 79.5 Å². The molecule has 0 aliphatic heterocycles. The number of amides is 1. The van der Waals surface area contributed by atoms with E-state index < -0.39 is 6.10 Å². The molecule has 0 bridgehead atoms. The fourth-order valence-corrected chi connectivity index (χ4v) is 3.82. The summed E-state index contributed by atoms with van der Waals surface area (Å²) in [5, 5.41) is 3.19. The minimum absolute atomic E-state index is 0.0234. The number of benzene rings is 2. The molecule has 2 atom stereocenters. The standard InChI is InChI=1S/C24H31NO3/c1-15(2)20-11-9-16(3)13-23(20)28-17(4)24(26)25-22-8-6-7-18-14-19(27-5)10-12-21(18)22/h9-15,17,22H,6-8H2,1-5H3,(H,25,26)/t17-,22+/m1/s1. The van der Waals surface area contributed by atoms with Crippen LogP contribution in [-0.2, 0) is 11.2 Å². The molecule has 28 heavy (non-hydrogen) atoms. The van der Waals surface area contributed by atoms with Crippen LogP contribution < -0.4 is 14.8 Å². The second-order valence-electron chi connectivity index (χ2n) is 7.97. The minimum Gasteiger partial charge on any atom is -0.497 e. The SMILES string of the molecule is COc1ccc2c(c1)CCC[C@@H]2NC(=O)[C@@H](C)Oc1cc(C)ccc1C(C)C. The summed E-state index contributed by atoms with van der Waals surface area (Å²) in [5.41, 5.74) is 4.69. The van der Waals surface area contributed by atoms with E-state index in [1.165, 1.54) is 11.1 Å². The molecule has 1 aliphatic carbocycles. The Bertz CT molecular complexity index is 844. The van der Waals surface area contributed by atoms with E-state index in [1.54, 1.807) is 7.11 Å². The summed E-state index contributed by atoms with van der Waals surface area (Å²) in [6, 6.07) is 12.3. The lowest BCUT2D eigenvalue weighted by Gasteiger charge is -2.28. The van der Waals surface area contributed by atoms with E-state index in [1.807, 2.05) is 26.0 Å². The van der Waals surface area contributed by atoms with Crippen molar-refractivity contribution in [2.24, 2.45) is 0 Å². The molecule has 0 heterocycles. The number of ether oxygens (including phenoxy) is 2. The van der Waals surface area contributed by atoms with Crippen LogP contribution in [0.25, 0.3) is 0 Å². The number of carbonyl (C=O) groups excluding carboxylic acids is 1. The third-order valence-corrected chi connectivity index (χ3v) is 5.45. The summed E-state index contributed by atoms with van der Waals surface area (Å²) in [5.74, 6) is 1.92. The number of rotatable bonds is 6.